The van der Waals surface area contributed by atoms with Gasteiger partial charge < -0.3 is 14.2 Å². The van der Waals surface area contributed by atoms with Gasteiger partial charge in [0.1, 0.15) is 0 Å². The second-order valence-electron chi connectivity index (χ2n) is 10.9. The van der Waals surface area contributed by atoms with Gasteiger partial charge in [-0.05, 0) is 55.8 Å². The number of carbonyl (C=O) groups excluding carboxylic acids is 2. The average molecular weight is 580 g/mol. The highest BCUT2D eigenvalue weighted by atomic mass is 32.2. The van der Waals surface area contributed by atoms with Crippen LogP contribution in [0.2, 0.25) is 0 Å². The van der Waals surface area contributed by atoms with Gasteiger partial charge in [-0.15, -0.1) is 6.58 Å². The number of hydrogen-bond donors (Lipinski definition) is 1. The van der Waals surface area contributed by atoms with Crippen molar-refractivity contribution in [1.82, 2.24) is 14.2 Å². The molecule has 7 heteroatoms. The number of unbranched alkanes of at least 4 members (excludes halogenated alkanes) is 4. The van der Waals surface area contributed by atoms with Crippen LogP contribution in [-0.2, 0) is 28.9 Å². The van der Waals surface area contributed by atoms with Crippen molar-refractivity contribution >= 4 is 34.7 Å². The van der Waals surface area contributed by atoms with Crippen LogP contribution in [0.15, 0.2) is 54.7 Å². The third-order valence-corrected chi connectivity index (χ3v) is 8.22. The number of fused-ring (bicyclic) bond motifs is 1. The van der Waals surface area contributed by atoms with Crippen molar-refractivity contribution in [1.29, 1.82) is 0 Å². The monoisotopic (exact) mass is 579 g/mol. The van der Waals surface area contributed by atoms with Crippen molar-refractivity contribution in [2.45, 2.75) is 90.9 Å². The summed E-state index contributed by atoms with van der Waals surface area (Å²) in [7, 11) is 0. The normalized spacial score (nSPS) is 14.4. The molecule has 2 aromatic rings. The van der Waals surface area contributed by atoms with Gasteiger partial charge in [-0.1, -0.05) is 76.8 Å². The van der Waals surface area contributed by atoms with Gasteiger partial charge in [0.15, 0.2) is 0 Å². The molecule has 0 aliphatic carbocycles. The van der Waals surface area contributed by atoms with Crippen LogP contribution in [0.25, 0.3) is 10.9 Å². The smallest absolute Gasteiger partial charge is 0.261 e. The molecule has 2 amide bonds. The highest BCUT2D eigenvalue weighted by Gasteiger charge is 2.24. The largest absolute Gasteiger partial charge is 0.378 e. The van der Waals surface area contributed by atoms with E-state index in [1.165, 1.54) is 54.3 Å². The summed E-state index contributed by atoms with van der Waals surface area (Å²) >= 11 is 1.43. The van der Waals surface area contributed by atoms with E-state index in [0.29, 0.717) is 50.1 Å². The molecular weight excluding hydrogens is 530 g/mol. The fraction of sp³-hybridized carbons (Fsp3) is 0.529. The standard InChI is InChI=1S/C34H49N3O3S/c1-6-9-12-13-14-16-29-30-19-18-27(33(38)35-41-26(4)5)24-32(30)37(31(29)17-11-8-3)25-28(15-10-7-2)34(39)36-20-22-40-23-21-36/h7-8,11,15,18-19,24,26H,2,6,9-10,12-14,16-17,20-23,25H2,1,3-5H3,(H,35,38)/b11-8-,28-15+. The molecule has 224 valence electrons. The molecule has 1 aromatic heterocycles. The Morgan fingerprint density at radius 1 is 1.15 bits per heavy atom. The van der Waals surface area contributed by atoms with E-state index in [1.807, 2.05) is 36.1 Å². The van der Waals surface area contributed by atoms with Gasteiger partial charge in [0, 0.05) is 52.5 Å². The number of allylic oxidation sites excluding steroid dienone is 4. The maximum atomic E-state index is 13.7. The summed E-state index contributed by atoms with van der Waals surface area (Å²) in [5.74, 6) is -0.0429. The molecule has 41 heavy (non-hydrogen) atoms. The molecule has 1 saturated heterocycles. The number of aryl methyl sites for hydroxylation is 1. The summed E-state index contributed by atoms with van der Waals surface area (Å²) in [6, 6.07) is 6.06. The summed E-state index contributed by atoms with van der Waals surface area (Å²) < 4.78 is 10.8. The predicted molar refractivity (Wildman–Crippen MR) is 173 cm³/mol. The first kappa shape index (κ1) is 32.7. The number of nitrogens with zero attached hydrogens (tertiary/aromatic N) is 2. The second kappa shape index (κ2) is 17.2. The maximum Gasteiger partial charge on any atom is 0.261 e. The molecule has 3 rings (SSSR count). The minimum atomic E-state index is -0.0960. The van der Waals surface area contributed by atoms with Crippen molar-refractivity contribution in [2.75, 3.05) is 26.3 Å². The van der Waals surface area contributed by atoms with Gasteiger partial charge in [0.25, 0.3) is 11.8 Å². The van der Waals surface area contributed by atoms with Crippen molar-refractivity contribution in [3.8, 4) is 0 Å². The molecule has 0 saturated carbocycles. The van der Waals surface area contributed by atoms with Gasteiger partial charge in [0.05, 0.1) is 19.8 Å². The van der Waals surface area contributed by atoms with E-state index in [-0.39, 0.29) is 11.8 Å². The lowest BCUT2D eigenvalue weighted by Crippen LogP contribution is -2.42. The number of morpholine rings is 1. The van der Waals surface area contributed by atoms with E-state index < -0.39 is 0 Å². The number of ether oxygens (including phenoxy) is 1. The molecular formula is C34H49N3O3S. The number of aromatic nitrogens is 1. The van der Waals surface area contributed by atoms with E-state index in [4.69, 9.17) is 4.74 Å². The van der Waals surface area contributed by atoms with E-state index >= 15 is 0 Å². The first-order valence-electron chi connectivity index (χ1n) is 15.3. The lowest BCUT2D eigenvalue weighted by molar-refractivity contribution is -0.131. The predicted octanol–water partition coefficient (Wildman–Crippen LogP) is 7.42. The molecule has 1 N–H and O–H groups in total. The van der Waals surface area contributed by atoms with Crippen LogP contribution in [0.3, 0.4) is 0 Å². The number of nitrogens with one attached hydrogen (secondary N) is 1. The number of amides is 2. The van der Waals surface area contributed by atoms with Crippen molar-refractivity contribution in [2.24, 2.45) is 0 Å². The molecule has 6 nitrogen and oxygen atoms in total. The van der Waals surface area contributed by atoms with Crippen LogP contribution in [0, 0.1) is 0 Å². The summed E-state index contributed by atoms with van der Waals surface area (Å²) in [6.45, 7) is 15.1. The summed E-state index contributed by atoms with van der Waals surface area (Å²) in [4.78, 5) is 28.7. The highest BCUT2D eigenvalue weighted by Crippen LogP contribution is 2.31. The Morgan fingerprint density at radius 2 is 1.90 bits per heavy atom. The minimum Gasteiger partial charge on any atom is -0.378 e. The van der Waals surface area contributed by atoms with E-state index in [0.717, 1.165) is 30.4 Å². The number of hydrogen-bond acceptors (Lipinski definition) is 4. The Labute approximate surface area is 251 Å². The fourth-order valence-electron chi connectivity index (χ4n) is 5.26. The van der Waals surface area contributed by atoms with Crippen molar-refractivity contribution in [3.05, 3.63) is 71.5 Å². The zero-order chi connectivity index (χ0) is 29.6. The first-order chi connectivity index (χ1) is 19.9. The van der Waals surface area contributed by atoms with Gasteiger partial charge in [0.2, 0.25) is 0 Å². The molecule has 0 atom stereocenters. The molecule has 1 aliphatic heterocycles. The van der Waals surface area contributed by atoms with Crippen molar-refractivity contribution < 1.29 is 14.3 Å². The zero-order valence-corrected chi connectivity index (χ0v) is 26.4. The van der Waals surface area contributed by atoms with E-state index in [1.54, 1.807) is 0 Å². The summed E-state index contributed by atoms with van der Waals surface area (Å²) in [5.41, 5.74) is 4.95. The number of benzene rings is 1. The SMILES string of the molecule is C=CC/C=C(\Cn1c(C/C=C\C)c(CCCCCCC)c2ccc(C(=O)NSC(C)C)cc21)C(=O)N1CCOCC1. The fourth-order valence-corrected chi connectivity index (χ4v) is 5.72. The molecule has 0 spiro atoms. The van der Waals surface area contributed by atoms with E-state index in [2.05, 4.69) is 54.9 Å². The Morgan fingerprint density at radius 3 is 2.59 bits per heavy atom. The molecule has 0 radical (unpaired) electrons. The molecule has 0 unspecified atom stereocenters. The van der Waals surface area contributed by atoms with Gasteiger partial charge in [-0.2, -0.15) is 0 Å². The summed E-state index contributed by atoms with van der Waals surface area (Å²) in [5, 5.41) is 1.47. The molecule has 1 aromatic carbocycles. The molecule has 0 bridgehead atoms. The van der Waals surface area contributed by atoms with Gasteiger partial charge in [-0.3, -0.25) is 14.3 Å². The van der Waals surface area contributed by atoms with Crippen LogP contribution < -0.4 is 4.72 Å². The molecule has 1 fully saturated rings. The van der Waals surface area contributed by atoms with Crippen molar-refractivity contribution in [3.63, 3.8) is 0 Å². The van der Waals surface area contributed by atoms with Crippen LogP contribution in [0.5, 0.6) is 0 Å². The topological polar surface area (TPSA) is 63.6 Å². The third kappa shape index (κ3) is 9.37. The maximum absolute atomic E-state index is 13.7. The van der Waals surface area contributed by atoms with Crippen LogP contribution in [0.1, 0.15) is 87.8 Å². The van der Waals surface area contributed by atoms with E-state index in [9.17, 15) is 9.59 Å². The Balaban J connectivity index is 2.10. The van der Waals surface area contributed by atoms with Gasteiger partial charge >= 0.3 is 0 Å². The quantitative estimate of drug-likeness (QED) is 0.0973. The zero-order valence-electron chi connectivity index (χ0n) is 25.5. The number of rotatable bonds is 16. The van der Waals surface area contributed by atoms with Crippen LogP contribution in [-0.4, -0.2) is 52.8 Å². The molecule has 2 heterocycles. The second-order valence-corrected chi connectivity index (χ2v) is 12.3. The summed E-state index contributed by atoms with van der Waals surface area (Å²) in [6.07, 6.45) is 16.6. The van der Waals surface area contributed by atoms with Crippen LogP contribution in [0.4, 0.5) is 0 Å². The molecule has 1 aliphatic rings. The number of carbonyl (C=O) groups is 2. The lowest BCUT2D eigenvalue weighted by Gasteiger charge is -2.28. The average Bonchev–Trinajstić information content (AvgIpc) is 3.27. The Kier molecular flexibility index (Phi) is 13.8. The Bertz CT molecular complexity index is 1220. The minimum absolute atomic E-state index is 0.0531. The lowest BCUT2D eigenvalue weighted by atomic mass is 10.0. The van der Waals surface area contributed by atoms with Gasteiger partial charge in [-0.25, -0.2) is 0 Å². The third-order valence-electron chi connectivity index (χ3n) is 7.45. The highest BCUT2D eigenvalue weighted by molar-refractivity contribution is 7.98. The first-order valence-corrected chi connectivity index (χ1v) is 16.2. The van der Waals surface area contributed by atoms with Crippen LogP contribution >= 0.6 is 11.9 Å². The Hall–Kier alpha value is -2.77.